The fourth-order valence-corrected chi connectivity index (χ4v) is 5.01. The van der Waals surface area contributed by atoms with Gasteiger partial charge in [0.15, 0.2) is 11.8 Å². The largest absolute Gasteiger partial charge is 0.464 e. The van der Waals surface area contributed by atoms with Crippen LogP contribution in [-0.2, 0) is 13.2 Å². The van der Waals surface area contributed by atoms with Gasteiger partial charge in [0, 0.05) is 11.1 Å². The van der Waals surface area contributed by atoms with Crippen LogP contribution in [0.2, 0.25) is 0 Å². The van der Waals surface area contributed by atoms with E-state index < -0.39 is 11.6 Å². The van der Waals surface area contributed by atoms with Crippen LogP contribution in [-0.4, -0.2) is 25.5 Å². The van der Waals surface area contributed by atoms with Gasteiger partial charge in [-0.05, 0) is 83.4 Å². The monoisotopic (exact) mass is 706 g/mol. The Morgan fingerprint density at radius 1 is 0.800 bits per heavy atom. The molecule has 0 aliphatic heterocycles. The minimum atomic E-state index is -0.536. The SMILES string of the molecule is Brc1nnc(Br)s1.N#Cc1ccc(CO)c(F)c1.N#Cc1ccc(COc2nnc(Br)s2)c(F)c1. The topological polar surface area (TPSA) is 129 Å². The number of hydrogen-bond donors (Lipinski definition) is 1. The summed E-state index contributed by atoms with van der Waals surface area (Å²) in [5, 5.41) is 40.6. The number of ether oxygens (including phenoxy) is 1. The van der Waals surface area contributed by atoms with E-state index in [0.717, 1.165) is 13.9 Å². The third kappa shape index (κ3) is 10.0. The predicted molar refractivity (Wildman–Crippen MR) is 135 cm³/mol. The minimum absolute atomic E-state index is 0.0547. The van der Waals surface area contributed by atoms with E-state index in [1.165, 1.54) is 53.0 Å². The summed E-state index contributed by atoms with van der Waals surface area (Å²) in [4.78, 5) is 0. The molecule has 35 heavy (non-hydrogen) atoms. The Balaban J connectivity index is 0.000000205. The van der Waals surface area contributed by atoms with Gasteiger partial charge in [0.25, 0.3) is 5.19 Å². The van der Waals surface area contributed by atoms with Gasteiger partial charge >= 0.3 is 0 Å². The number of aliphatic hydroxyl groups is 1. The Kier molecular flexibility index (Phi) is 12.3. The molecule has 0 spiro atoms. The fraction of sp³-hybridized carbons (Fsp3) is 0.100. The molecule has 4 rings (SSSR count). The maximum atomic E-state index is 13.5. The van der Waals surface area contributed by atoms with E-state index in [2.05, 4.69) is 68.2 Å². The molecule has 180 valence electrons. The smallest absolute Gasteiger partial charge is 0.295 e. The number of halogens is 5. The van der Waals surface area contributed by atoms with E-state index in [1.54, 1.807) is 6.07 Å². The average Bonchev–Trinajstić information content (AvgIpc) is 3.45. The lowest BCUT2D eigenvalue weighted by atomic mass is 10.1. The van der Waals surface area contributed by atoms with Gasteiger partial charge in [0.2, 0.25) is 0 Å². The van der Waals surface area contributed by atoms with Crippen LogP contribution in [0, 0.1) is 34.3 Å². The second kappa shape index (κ2) is 14.9. The first-order valence-electron chi connectivity index (χ1n) is 9.00. The Labute approximate surface area is 231 Å². The predicted octanol–water partition coefficient (Wildman–Crippen LogP) is 6.14. The van der Waals surface area contributed by atoms with Crippen molar-refractivity contribution in [3.63, 3.8) is 0 Å². The van der Waals surface area contributed by atoms with E-state index in [1.807, 2.05) is 6.07 Å². The minimum Gasteiger partial charge on any atom is -0.464 e. The van der Waals surface area contributed by atoms with Crippen molar-refractivity contribution in [2.24, 2.45) is 0 Å². The van der Waals surface area contributed by atoms with Gasteiger partial charge in [0.1, 0.15) is 18.2 Å². The second-order valence-corrected chi connectivity index (χ2v) is 11.7. The Morgan fingerprint density at radius 3 is 1.66 bits per heavy atom. The molecule has 0 unspecified atom stereocenters. The molecule has 0 atom stereocenters. The summed E-state index contributed by atoms with van der Waals surface area (Å²) >= 11 is 12.1. The molecule has 0 aliphatic rings. The van der Waals surface area contributed by atoms with Crippen molar-refractivity contribution in [2.45, 2.75) is 13.2 Å². The number of aliphatic hydroxyl groups excluding tert-OH is 1. The van der Waals surface area contributed by atoms with Gasteiger partial charge in [-0.3, -0.25) is 0 Å². The highest BCUT2D eigenvalue weighted by atomic mass is 79.9. The molecule has 2 aromatic carbocycles. The standard InChI is InChI=1S/C10H5BrFN3OS.C8H6FNO.C2Br2N2S/c11-9-14-15-10(17-9)16-5-7-2-1-6(4-13)3-8(7)12;9-8-3-6(4-10)1-2-7(8)5-11;3-1-5-6-2(4)7-1/h1-3H,5H2;1-3,11H,5H2;. The molecule has 0 aliphatic carbocycles. The Bertz CT molecular complexity index is 1340. The van der Waals surface area contributed by atoms with E-state index in [-0.39, 0.29) is 29.9 Å². The van der Waals surface area contributed by atoms with E-state index in [0.29, 0.717) is 14.7 Å². The van der Waals surface area contributed by atoms with Crippen LogP contribution in [0.5, 0.6) is 5.19 Å². The van der Waals surface area contributed by atoms with Crippen molar-refractivity contribution in [2.75, 3.05) is 0 Å². The van der Waals surface area contributed by atoms with Crippen LogP contribution in [0.1, 0.15) is 22.3 Å². The number of benzene rings is 2. The fourth-order valence-electron chi connectivity index (χ4n) is 2.06. The molecule has 0 fully saturated rings. The first-order chi connectivity index (χ1) is 16.7. The van der Waals surface area contributed by atoms with Crippen molar-refractivity contribution in [1.29, 1.82) is 10.5 Å². The lowest BCUT2D eigenvalue weighted by Crippen LogP contribution is -1.98. The zero-order chi connectivity index (χ0) is 25.8. The van der Waals surface area contributed by atoms with Crippen LogP contribution < -0.4 is 4.74 Å². The highest BCUT2D eigenvalue weighted by Crippen LogP contribution is 2.23. The van der Waals surface area contributed by atoms with Crippen LogP contribution in [0.3, 0.4) is 0 Å². The van der Waals surface area contributed by atoms with Gasteiger partial charge in [-0.25, -0.2) is 8.78 Å². The first kappa shape index (κ1) is 28.8. The van der Waals surface area contributed by atoms with E-state index in [9.17, 15) is 8.78 Å². The maximum absolute atomic E-state index is 13.5. The Hall–Kier alpha value is -2.40. The number of nitriles is 2. The lowest BCUT2D eigenvalue weighted by Gasteiger charge is -2.03. The highest BCUT2D eigenvalue weighted by Gasteiger charge is 2.07. The third-order valence-corrected chi connectivity index (χ3v) is 6.70. The molecule has 0 saturated heterocycles. The van der Waals surface area contributed by atoms with E-state index >= 15 is 0 Å². The van der Waals surface area contributed by atoms with Gasteiger partial charge in [-0.15, -0.1) is 15.3 Å². The summed E-state index contributed by atoms with van der Waals surface area (Å²) in [5.74, 6) is -1.00. The quantitative estimate of drug-likeness (QED) is 0.268. The summed E-state index contributed by atoms with van der Waals surface area (Å²) in [6.45, 7) is -0.281. The zero-order valence-corrected chi connectivity index (χ0v) is 23.5. The zero-order valence-electron chi connectivity index (χ0n) is 17.1. The average molecular weight is 709 g/mol. The van der Waals surface area contributed by atoms with Crippen molar-refractivity contribution >= 4 is 70.5 Å². The van der Waals surface area contributed by atoms with Crippen molar-refractivity contribution in [3.05, 3.63) is 82.0 Å². The molecule has 4 aromatic rings. The third-order valence-electron chi connectivity index (χ3n) is 3.64. The van der Waals surface area contributed by atoms with Crippen LogP contribution in [0.4, 0.5) is 8.78 Å². The number of hydrogen-bond acceptors (Lipinski definition) is 10. The molecule has 2 heterocycles. The molecule has 15 heteroatoms. The van der Waals surface area contributed by atoms with Crippen LogP contribution in [0.15, 0.2) is 48.1 Å². The first-order valence-corrected chi connectivity index (χ1v) is 13.0. The molecular formula is C20H11Br3F2N6O2S2. The van der Waals surface area contributed by atoms with Crippen LogP contribution in [0.25, 0.3) is 0 Å². The van der Waals surface area contributed by atoms with Crippen molar-refractivity contribution < 1.29 is 18.6 Å². The van der Waals surface area contributed by atoms with E-state index in [4.69, 9.17) is 20.4 Å². The van der Waals surface area contributed by atoms with Gasteiger partial charge in [0.05, 0.1) is 29.9 Å². The molecule has 0 saturated carbocycles. The van der Waals surface area contributed by atoms with Crippen molar-refractivity contribution in [1.82, 2.24) is 20.4 Å². The number of rotatable bonds is 4. The van der Waals surface area contributed by atoms with Gasteiger partial charge < -0.3 is 9.84 Å². The number of aromatic nitrogens is 4. The Morgan fingerprint density at radius 2 is 1.29 bits per heavy atom. The maximum Gasteiger partial charge on any atom is 0.295 e. The summed E-state index contributed by atoms with van der Waals surface area (Å²) in [5.41, 5.74) is 1.13. The highest BCUT2D eigenvalue weighted by molar-refractivity contribution is 9.12. The van der Waals surface area contributed by atoms with Gasteiger partial charge in [-0.2, -0.15) is 10.5 Å². The van der Waals surface area contributed by atoms with Crippen molar-refractivity contribution in [3.8, 4) is 17.3 Å². The molecule has 0 bridgehead atoms. The summed E-state index contributed by atoms with van der Waals surface area (Å²) in [6, 6.07) is 11.9. The molecule has 2 aromatic heterocycles. The lowest BCUT2D eigenvalue weighted by molar-refractivity contribution is 0.275. The molecular weight excluding hydrogens is 698 g/mol. The molecule has 0 amide bonds. The molecule has 1 N–H and O–H groups in total. The molecule has 8 nitrogen and oxygen atoms in total. The van der Waals surface area contributed by atoms with Gasteiger partial charge in [-0.1, -0.05) is 28.6 Å². The second-order valence-electron chi connectivity index (χ2n) is 5.91. The van der Waals surface area contributed by atoms with Crippen LogP contribution >= 0.6 is 70.5 Å². The molecule has 0 radical (unpaired) electrons. The summed E-state index contributed by atoms with van der Waals surface area (Å²) in [6.07, 6.45) is 0. The number of nitrogens with zero attached hydrogens (tertiary/aromatic N) is 6. The summed E-state index contributed by atoms with van der Waals surface area (Å²) in [7, 11) is 0. The summed E-state index contributed by atoms with van der Waals surface area (Å²) < 4.78 is 33.7. The normalized spacial score (nSPS) is 9.60.